The van der Waals surface area contributed by atoms with Gasteiger partial charge < -0.3 is 10.4 Å². The zero-order valence-electron chi connectivity index (χ0n) is 6.53. The number of carbonyl (C=O) groups is 1. The summed E-state index contributed by atoms with van der Waals surface area (Å²) in [4.78, 5) is 10.6. The smallest absolute Gasteiger partial charge is 0.333 e. The molecule has 4 nitrogen and oxygen atoms in total. The van der Waals surface area contributed by atoms with Gasteiger partial charge in [-0.2, -0.15) is 5.26 Å². The summed E-state index contributed by atoms with van der Waals surface area (Å²) in [5.41, 5.74) is -0.658. The maximum atomic E-state index is 10.6. The van der Waals surface area contributed by atoms with E-state index >= 15 is 0 Å². The third-order valence-electron chi connectivity index (χ3n) is 1.70. The van der Waals surface area contributed by atoms with E-state index in [1.54, 1.807) is 0 Å². The molecule has 12 heavy (non-hydrogen) atoms. The van der Waals surface area contributed by atoms with E-state index in [2.05, 4.69) is 5.32 Å². The summed E-state index contributed by atoms with van der Waals surface area (Å²) in [5.74, 6) is -0.966. The first kappa shape index (κ1) is 8.34. The van der Waals surface area contributed by atoms with Crippen LogP contribution in [0, 0.1) is 11.3 Å². The fourth-order valence-electron chi connectivity index (χ4n) is 0.783. The first-order chi connectivity index (χ1) is 5.58. The Balaban J connectivity index is 2.85. The minimum absolute atomic E-state index is 0.425. The number of hydrogen-bond acceptors (Lipinski definition) is 3. The molecule has 4 heteroatoms. The Morgan fingerprint density at radius 1 is 1.83 bits per heavy atom. The van der Waals surface area contributed by atoms with Gasteiger partial charge in [-0.15, -0.1) is 0 Å². The number of nitrogens with zero attached hydrogens (tertiary/aromatic N) is 1. The predicted molar refractivity (Wildman–Crippen MR) is 42.0 cm³/mol. The van der Waals surface area contributed by atoms with Crippen LogP contribution in [-0.4, -0.2) is 16.6 Å². The van der Waals surface area contributed by atoms with Crippen LogP contribution in [0.15, 0.2) is 23.9 Å². The minimum atomic E-state index is -1.08. The Kier molecular flexibility index (Phi) is 1.88. The van der Waals surface area contributed by atoms with Crippen LogP contribution in [0.25, 0.3) is 0 Å². The van der Waals surface area contributed by atoms with Crippen LogP contribution in [-0.2, 0) is 4.79 Å². The quantitative estimate of drug-likeness (QED) is 0.588. The number of allylic oxidation sites excluding steroid dienone is 2. The lowest BCUT2D eigenvalue weighted by Crippen LogP contribution is -2.46. The molecule has 0 radical (unpaired) electrons. The van der Waals surface area contributed by atoms with Crippen molar-refractivity contribution in [1.82, 2.24) is 5.32 Å². The lowest BCUT2D eigenvalue weighted by molar-refractivity contribution is -0.141. The summed E-state index contributed by atoms with van der Waals surface area (Å²) in [6, 6.07) is 1.90. The second-order valence-corrected chi connectivity index (χ2v) is 2.70. The first-order valence-corrected chi connectivity index (χ1v) is 3.39. The zero-order valence-corrected chi connectivity index (χ0v) is 6.53. The summed E-state index contributed by atoms with van der Waals surface area (Å²) in [7, 11) is 0. The van der Waals surface area contributed by atoms with E-state index in [0.717, 1.165) is 0 Å². The molecule has 0 spiro atoms. The summed E-state index contributed by atoms with van der Waals surface area (Å²) in [6.07, 6.45) is 4.34. The second kappa shape index (κ2) is 2.70. The number of dihydropyridines is 1. The Morgan fingerprint density at radius 3 is 2.83 bits per heavy atom. The summed E-state index contributed by atoms with van der Waals surface area (Å²) >= 11 is 0. The predicted octanol–water partition coefficient (Wildman–Crippen LogP) is 0.397. The van der Waals surface area contributed by atoms with E-state index in [9.17, 15) is 4.79 Å². The number of carboxylic acids is 1. The van der Waals surface area contributed by atoms with Gasteiger partial charge in [-0.25, -0.2) is 4.79 Å². The SMILES string of the molecule is CC1(C(=O)O)C=CC(C#N)=CN1. The van der Waals surface area contributed by atoms with Crippen molar-refractivity contribution in [2.24, 2.45) is 0 Å². The molecule has 0 fully saturated rings. The van der Waals surface area contributed by atoms with Gasteiger partial charge in [0.2, 0.25) is 0 Å². The molecule has 1 rings (SSSR count). The van der Waals surface area contributed by atoms with Gasteiger partial charge in [0.05, 0.1) is 5.57 Å². The minimum Gasteiger partial charge on any atom is -0.479 e. The summed E-state index contributed by atoms with van der Waals surface area (Å²) in [6.45, 7) is 1.52. The molecule has 1 atom stereocenters. The summed E-state index contributed by atoms with van der Waals surface area (Å²) < 4.78 is 0. The highest BCUT2D eigenvalue weighted by Gasteiger charge is 2.30. The molecule has 1 aliphatic heterocycles. The highest BCUT2D eigenvalue weighted by Crippen LogP contribution is 2.13. The number of nitrogens with one attached hydrogen (secondary N) is 1. The molecule has 0 bridgehead atoms. The molecule has 0 aromatic rings. The van der Waals surface area contributed by atoms with E-state index in [-0.39, 0.29) is 0 Å². The molecular weight excluding hydrogens is 156 g/mol. The van der Waals surface area contributed by atoms with Crippen molar-refractivity contribution in [2.75, 3.05) is 0 Å². The van der Waals surface area contributed by atoms with Gasteiger partial charge in [0.15, 0.2) is 5.54 Å². The molecule has 2 N–H and O–H groups in total. The lowest BCUT2D eigenvalue weighted by Gasteiger charge is -2.23. The van der Waals surface area contributed by atoms with E-state index in [1.807, 2.05) is 6.07 Å². The van der Waals surface area contributed by atoms with Crippen LogP contribution in [0.3, 0.4) is 0 Å². The molecule has 1 unspecified atom stereocenters. The largest absolute Gasteiger partial charge is 0.479 e. The van der Waals surface area contributed by atoms with Gasteiger partial charge in [0.25, 0.3) is 0 Å². The molecule has 0 saturated carbocycles. The molecule has 0 aromatic heterocycles. The van der Waals surface area contributed by atoms with Crippen LogP contribution < -0.4 is 5.32 Å². The fourth-order valence-corrected chi connectivity index (χ4v) is 0.783. The number of nitriles is 1. The number of rotatable bonds is 1. The van der Waals surface area contributed by atoms with Crippen molar-refractivity contribution in [3.63, 3.8) is 0 Å². The maximum Gasteiger partial charge on any atom is 0.333 e. The highest BCUT2D eigenvalue weighted by molar-refractivity contribution is 5.81. The molecule has 62 valence electrons. The van der Waals surface area contributed by atoms with Crippen molar-refractivity contribution in [3.05, 3.63) is 23.9 Å². The normalized spacial score (nSPS) is 26.8. The molecule has 0 amide bonds. The van der Waals surface area contributed by atoms with Gasteiger partial charge >= 0.3 is 5.97 Å². The Hall–Kier alpha value is -1.76. The molecule has 1 aliphatic rings. The zero-order chi connectivity index (χ0) is 9.19. The standard InChI is InChI=1S/C8H8N2O2/c1-8(7(11)12)3-2-6(4-9)5-10-8/h2-3,5,10H,1H3,(H,11,12). The van der Waals surface area contributed by atoms with Gasteiger partial charge in [0.1, 0.15) is 6.07 Å². The van der Waals surface area contributed by atoms with Crippen molar-refractivity contribution in [3.8, 4) is 6.07 Å². The van der Waals surface area contributed by atoms with Crippen LogP contribution in [0.4, 0.5) is 0 Å². The van der Waals surface area contributed by atoms with E-state index in [4.69, 9.17) is 10.4 Å². The van der Waals surface area contributed by atoms with Gasteiger partial charge in [-0.05, 0) is 19.1 Å². The topological polar surface area (TPSA) is 73.1 Å². The molecule has 1 heterocycles. The van der Waals surface area contributed by atoms with Crippen molar-refractivity contribution < 1.29 is 9.90 Å². The third-order valence-corrected chi connectivity index (χ3v) is 1.70. The number of aliphatic carboxylic acids is 1. The maximum absolute atomic E-state index is 10.6. The Bertz CT molecular complexity index is 312. The van der Waals surface area contributed by atoms with Crippen LogP contribution in [0.5, 0.6) is 0 Å². The summed E-state index contributed by atoms with van der Waals surface area (Å²) in [5, 5.41) is 19.8. The molecular formula is C8H8N2O2. The molecule has 0 saturated heterocycles. The number of hydrogen-bond donors (Lipinski definition) is 2. The van der Waals surface area contributed by atoms with Gasteiger partial charge in [-0.1, -0.05) is 0 Å². The van der Waals surface area contributed by atoms with Crippen LogP contribution in [0.2, 0.25) is 0 Å². The average Bonchev–Trinajstić information content (AvgIpc) is 2.06. The number of carboxylic acid groups (broad SMARTS) is 1. The van der Waals surface area contributed by atoms with E-state index in [1.165, 1.54) is 25.3 Å². The van der Waals surface area contributed by atoms with Crippen molar-refractivity contribution in [2.45, 2.75) is 12.5 Å². The van der Waals surface area contributed by atoms with Crippen molar-refractivity contribution >= 4 is 5.97 Å². The van der Waals surface area contributed by atoms with Crippen LogP contribution >= 0.6 is 0 Å². The van der Waals surface area contributed by atoms with Crippen molar-refractivity contribution in [1.29, 1.82) is 5.26 Å². The fraction of sp³-hybridized carbons (Fsp3) is 0.250. The molecule has 0 aliphatic carbocycles. The second-order valence-electron chi connectivity index (χ2n) is 2.70. The molecule has 0 aromatic carbocycles. The van der Waals surface area contributed by atoms with Gasteiger partial charge in [0, 0.05) is 6.20 Å². The third kappa shape index (κ3) is 1.30. The van der Waals surface area contributed by atoms with Gasteiger partial charge in [-0.3, -0.25) is 0 Å². The lowest BCUT2D eigenvalue weighted by atomic mass is 9.98. The first-order valence-electron chi connectivity index (χ1n) is 3.39. The van der Waals surface area contributed by atoms with Crippen LogP contribution in [0.1, 0.15) is 6.92 Å². The average molecular weight is 164 g/mol. The Morgan fingerprint density at radius 2 is 2.50 bits per heavy atom. The van der Waals surface area contributed by atoms with E-state index in [0.29, 0.717) is 5.57 Å². The highest BCUT2D eigenvalue weighted by atomic mass is 16.4. The Labute approximate surface area is 69.8 Å². The van der Waals surface area contributed by atoms with E-state index < -0.39 is 11.5 Å². The monoisotopic (exact) mass is 164 g/mol.